The smallest absolute Gasteiger partial charge is 0.244 e. The molecule has 4 heteroatoms. The van der Waals surface area contributed by atoms with Crippen LogP contribution >= 0.6 is 0 Å². The third-order valence-corrected chi connectivity index (χ3v) is 3.94. The van der Waals surface area contributed by atoms with E-state index in [2.05, 4.69) is 17.9 Å². The summed E-state index contributed by atoms with van der Waals surface area (Å²) in [5, 5.41) is 0. The predicted octanol–water partition coefficient (Wildman–Crippen LogP) is 1.38. The van der Waals surface area contributed by atoms with Crippen molar-refractivity contribution in [3.8, 4) is 0 Å². The molecule has 0 aromatic heterocycles. The van der Waals surface area contributed by atoms with Crippen molar-refractivity contribution in [3.05, 3.63) is 29.8 Å². The summed E-state index contributed by atoms with van der Waals surface area (Å²) in [7, 11) is 2.01. The molecule has 0 bridgehead atoms. The third kappa shape index (κ3) is 2.80. The van der Waals surface area contributed by atoms with Gasteiger partial charge in [-0.15, -0.1) is 0 Å². The van der Waals surface area contributed by atoms with Crippen LogP contribution in [0.3, 0.4) is 0 Å². The van der Waals surface area contributed by atoms with Crippen LogP contribution < -0.4 is 10.6 Å². The Labute approximate surface area is 115 Å². The summed E-state index contributed by atoms with van der Waals surface area (Å²) in [4.78, 5) is 16.7. The number of benzene rings is 1. The Balaban J connectivity index is 2.28. The minimum atomic E-state index is -0.103. The second-order valence-corrected chi connectivity index (χ2v) is 5.40. The first-order valence-electron chi connectivity index (χ1n) is 6.84. The van der Waals surface area contributed by atoms with E-state index in [4.69, 9.17) is 5.73 Å². The Morgan fingerprint density at radius 3 is 2.79 bits per heavy atom. The SMILES string of the molecule is Cc1cccc(N2CC(C)N(C)C(CCN)C2=O)c1. The first-order valence-corrected chi connectivity index (χ1v) is 6.84. The maximum atomic E-state index is 12.6. The Bertz CT molecular complexity index is 460. The van der Waals surface area contributed by atoms with Gasteiger partial charge in [-0.3, -0.25) is 9.69 Å². The molecule has 0 spiro atoms. The molecule has 1 saturated heterocycles. The summed E-state index contributed by atoms with van der Waals surface area (Å²) >= 11 is 0. The highest BCUT2D eigenvalue weighted by molar-refractivity contribution is 5.98. The zero-order valence-electron chi connectivity index (χ0n) is 12.0. The van der Waals surface area contributed by atoms with Gasteiger partial charge in [0.15, 0.2) is 0 Å². The molecule has 1 aliphatic heterocycles. The van der Waals surface area contributed by atoms with Crippen LogP contribution in [0.15, 0.2) is 24.3 Å². The van der Waals surface area contributed by atoms with Crippen molar-refractivity contribution >= 4 is 11.6 Å². The lowest BCUT2D eigenvalue weighted by atomic mass is 10.0. The number of likely N-dealkylation sites (N-methyl/N-ethyl adjacent to an activating group) is 1. The molecule has 19 heavy (non-hydrogen) atoms. The average Bonchev–Trinajstić information content (AvgIpc) is 2.39. The molecule has 104 valence electrons. The topological polar surface area (TPSA) is 49.6 Å². The van der Waals surface area contributed by atoms with Gasteiger partial charge in [-0.2, -0.15) is 0 Å². The minimum Gasteiger partial charge on any atom is -0.330 e. The first-order chi connectivity index (χ1) is 9.04. The highest BCUT2D eigenvalue weighted by Crippen LogP contribution is 2.24. The molecule has 1 heterocycles. The molecule has 1 amide bonds. The summed E-state index contributed by atoms with van der Waals surface area (Å²) in [6, 6.07) is 8.35. The van der Waals surface area contributed by atoms with E-state index in [9.17, 15) is 4.79 Å². The van der Waals surface area contributed by atoms with Gasteiger partial charge in [0.2, 0.25) is 5.91 Å². The van der Waals surface area contributed by atoms with Crippen LogP contribution in [0.2, 0.25) is 0 Å². The zero-order valence-corrected chi connectivity index (χ0v) is 12.0. The fraction of sp³-hybridized carbons (Fsp3) is 0.533. The third-order valence-electron chi connectivity index (χ3n) is 3.94. The minimum absolute atomic E-state index is 0.103. The largest absolute Gasteiger partial charge is 0.330 e. The lowest BCUT2D eigenvalue weighted by Crippen LogP contribution is -2.60. The van der Waals surface area contributed by atoms with Crippen molar-refractivity contribution in [1.29, 1.82) is 0 Å². The van der Waals surface area contributed by atoms with E-state index < -0.39 is 0 Å². The van der Waals surface area contributed by atoms with E-state index in [-0.39, 0.29) is 11.9 Å². The summed E-state index contributed by atoms with van der Waals surface area (Å²) in [5.74, 6) is 0.164. The second kappa shape index (κ2) is 5.72. The van der Waals surface area contributed by atoms with Crippen LogP contribution in [0.25, 0.3) is 0 Å². The summed E-state index contributed by atoms with van der Waals surface area (Å²) in [5.41, 5.74) is 7.81. The Morgan fingerprint density at radius 1 is 1.42 bits per heavy atom. The monoisotopic (exact) mass is 261 g/mol. The van der Waals surface area contributed by atoms with Crippen molar-refractivity contribution in [2.75, 3.05) is 25.0 Å². The van der Waals surface area contributed by atoms with E-state index in [1.54, 1.807) is 0 Å². The van der Waals surface area contributed by atoms with Crippen LogP contribution in [0.1, 0.15) is 18.9 Å². The molecule has 1 fully saturated rings. The van der Waals surface area contributed by atoms with E-state index in [0.29, 0.717) is 19.0 Å². The fourth-order valence-corrected chi connectivity index (χ4v) is 2.66. The number of hydrogen-bond acceptors (Lipinski definition) is 3. The Morgan fingerprint density at radius 2 is 2.16 bits per heavy atom. The van der Waals surface area contributed by atoms with Gasteiger partial charge in [-0.05, 0) is 51.6 Å². The van der Waals surface area contributed by atoms with E-state index in [0.717, 1.165) is 12.2 Å². The molecule has 2 rings (SSSR count). The highest BCUT2D eigenvalue weighted by Gasteiger charge is 2.36. The number of nitrogens with zero attached hydrogens (tertiary/aromatic N) is 2. The van der Waals surface area contributed by atoms with Gasteiger partial charge in [-0.1, -0.05) is 12.1 Å². The van der Waals surface area contributed by atoms with E-state index in [1.165, 1.54) is 5.56 Å². The van der Waals surface area contributed by atoms with Crippen molar-refractivity contribution in [2.24, 2.45) is 5.73 Å². The van der Waals surface area contributed by atoms with Gasteiger partial charge in [-0.25, -0.2) is 0 Å². The summed E-state index contributed by atoms with van der Waals surface area (Å²) < 4.78 is 0. The standard InChI is InChI=1S/C15H23N3O/c1-11-5-4-6-13(9-11)18-10-12(2)17(3)14(7-8-16)15(18)19/h4-6,9,12,14H,7-8,10,16H2,1-3H3. The maximum absolute atomic E-state index is 12.6. The number of amides is 1. The highest BCUT2D eigenvalue weighted by atomic mass is 16.2. The van der Waals surface area contributed by atoms with Gasteiger partial charge >= 0.3 is 0 Å². The number of anilines is 1. The molecule has 0 radical (unpaired) electrons. The van der Waals surface area contributed by atoms with Gasteiger partial charge in [0.05, 0.1) is 6.04 Å². The molecule has 1 aromatic rings. The Kier molecular flexibility index (Phi) is 4.22. The summed E-state index contributed by atoms with van der Waals surface area (Å²) in [6.07, 6.45) is 0.710. The predicted molar refractivity (Wildman–Crippen MR) is 78.2 cm³/mol. The first kappa shape index (κ1) is 14.0. The van der Waals surface area contributed by atoms with Gasteiger partial charge < -0.3 is 10.6 Å². The quantitative estimate of drug-likeness (QED) is 0.894. The van der Waals surface area contributed by atoms with Crippen LogP contribution in [0, 0.1) is 6.92 Å². The number of aryl methyl sites for hydroxylation is 1. The van der Waals surface area contributed by atoms with Crippen molar-refractivity contribution in [1.82, 2.24) is 4.90 Å². The molecule has 2 atom stereocenters. The van der Waals surface area contributed by atoms with Crippen LogP contribution in [0.5, 0.6) is 0 Å². The van der Waals surface area contributed by atoms with Gasteiger partial charge in [0.1, 0.15) is 0 Å². The van der Waals surface area contributed by atoms with E-state index >= 15 is 0 Å². The molecule has 0 aliphatic carbocycles. The summed E-state index contributed by atoms with van der Waals surface area (Å²) in [6.45, 7) is 5.47. The number of carbonyl (C=O) groups is 1. The van der Waals surface area contributed by atoms with Crippen molar-refractivity contribution in [2.45, 2.75) is 32.4 Å². The van der Waals surface area contributed by atoms with E-state index in [1.807, 2.05) is 37.1 Å². The van der Waals surface area contributed by atoms with Crippen molar-refractivity contribution in [3.63, 3.8) is 0 Å². The van der Waals surface area contributed by atoms with Crippen LogP contribution in [-0.2, 0) is 4.79 Å². The zero-order chi connectivity index (χ0) is 14.0. The molecule has 1 aromatic carbocycles. The Hall–Kier alpha value is -1.39. The number of piperazine rings is 1. The molecule has 2 unspecified atom stereocenters. The lowest BCUT2D eigenvalue weighted by Gasteiger charge is -2.43. The normalized spacial score (nSPS) is 24.8. The number of carbonyl (C=O) groups excluding carboxylic acids is 1. The second-order valence-electron chi connectivity index (χ2n) is 5.40. The van der Waals surface area contributed by atoms with Crippen molar-refractivity contribution < 1.29 is 4.79 Å². The molecule has 2 N–H and O–H groups in total. The van der Waals surface area contributed by atoms with Crippen LogP contribution in [0.4, 0.5) is 5.69 Å². The molecule has 1 aliphatic rings. The van der Waals surface area contributed by atoms with Gasteiger partial charge in [0, 0.05) is 18.3 Å². The molecular formula is C15H23N3O. The van der Waals surface area contributed by atoms with Gasteiger partial charge in [0.25, 0.3) is 0 Å². The van der Waals surface area contributed by atoms with Crippen LogP contribution in [-0.4, -0.2) is 43.0 Å². The molecular weight excluding hydrogens is 238 g/mol. The molecule has 4 nitrogen and oxygen atoms in total. The average molecular weight is 261 g/mol. The lowest BCUT2D eigenvalue weighted by molar-refractivity contribution is -0.126. The number of nitrogens with two attached hydrogens (primary N) is 1. The fourth-order valence-electron chi connectivity index (χ4n) is 2.66. The number of rotatable bonds is 3. The maximum Gasteiger partial charge on any atom is 0.244 e. The molecule has 0 saturated carbocycles. The number of hydrogen-bond donors (Lipinski definition) is 1.